The number of aromatic amines is 2. The fourth-order valence-corrected chi connectivity index (χ4v) is 5.65. The summed E-state index contributed by atoms with van der Waals surface area (Å²) in [6, 6.07) is 8.28. The van der Waals surface area contributed by atoms with Gasteiger partial charge in [-0.05, 0) is 61.6 Å². The summed E-state index contributed by atoms with van der Waals surface area (Å²) in [5, 5.41) is 8.58. The van der Waals surface area contributed by atoms with Gasteiger partial charge in [0.2, 0.25) is 0 Å². The van der Waals surface area contributed by atoms with Crippen molar-refractivity contribution in [2.75, 3.05) is 37.6 Å². The lowest BCUT2D eigenvalue weighted by Crippen LogP contribution is -2.29. The number of allylic oxidation sites excluding steroid dienone is 3. The van der Waals surface area contributed by atoms with Gasteiger partial charge < -0.3 is 9.88 Å². The monoisotopic (exact) mass is 529 g/mol. The van der Waals surface area contributed by atoms with E-state index in [4.69, 9.17) is 4.98 Å². The molecular formula is C30H33F2N7. The molecule has 5 heterocycles. The van der Waals surface area contributed by atoms with Crippen LogP contribution in [0.4, 0.5) is 14.5 Å². The number of likely N-dealkylation sites (tertiary alicyclic amines) is 1. The number of hydrogen-bond donors (Lipinski definition) is 2. The Morgan fingerprint density at radius 1 is 1.15 bits per heavy atom. The molecule has 9 heteroatoms. The van der Waals surface area contributed by atoms with E-state index in [9.17, 15) is 8.78 Å². The minimum atomic E-state index is -2.62. The van der Waals surface area contributed by atoms with Gasteiger partial charge in [-0.25, -0.2) is 13.8 Å². The molecule has 0 spiro atoms. The number of benzene rings is 1. The lowest BCUT2D eigenvalue weighted by Gasteiger charge is -2.28. The molecule has 202 valence electrons. The minimum absolute atomic E-state index is 0.100. The van der Waals surface area contributed by atoms with E-state index in [1.165, 1.54) is 19.3 Å². The van der Waals surface area contributed by atoms with Crippen molar-refractivity contribution in [2.45, 2.75) is 38.5 Å². The predicted octanol–water partition coefficient (Wildman–Crippen LogP) is 6.35. The first kappa shape index (κ1) is 25.4. The minimum Gasteiger partial charge on any atom is -0.370 e. The van der Waals surface area contributed by atoms with Crippen LogP contribution in [0.1, 0.15) is 38.3 Å². The first-order valence-corrected chi connectivity index (χ1v) is 13.6. The molecule has 39 heavy (non-hydrogen) atoms. The highest BCUT2D eigenvalue weighted by Crippen LogP contribution is 2.33. The first-order valence-electron chi connectivity index (χ1n) is 13.6. The van der Waals surface area contributed by atoms with Gasteiger partial charge in [-0.3, -0.25) is 15.0 Å². The van der Waals surface area contributed by atoms with Crippen molar-refractivity contribution < 1.29 is 8.78 Å². The summed E-state index contributed by atoms with van der Waals surface area (Å²) in [4.78, 5) is 17.3. The topological polar surface area (TPSA) is 76.7 Å². The van der Waals surface area contributed by atoms with Crippen LogP contribution in [0.2, 0.25) is 0 Å². The predicted molar refractivity (Wildman–Crippen MR) is 153 cm³/mol. The third-order valence-electron chi connectivity index (χ3n) is 7.72. The van der Waals surface area contributed by atoms with Crippen molar-refractivity contribution in [3.8, 4) is 11.5 Å². The molecule has 4 aromatic rings. The van der Waals surface area contributed by atoms with Crippen molar-refractivity contribution >= 4 is 33.2 Å². The zero-order chi connectivity index (χ0) is 27.0. The highest BCUT2D eigenvalue weighted by molar-refractivity contribution is 5.96. The molecule has 0 atom stereocenters. The highest BCUT2D eigenvalue weighted by atomic mass is 19.3. The van der Waals surface area contributed by atoms with Gasteiger partial charge in [-0.2, -0.15) is 5.10 Å². The molecule has 3 aromatic heterocycles. The Bertz CT molecular complexity index is 1570. The van der Waals surface area contributed by atoms with Crippen molar-refractivity contribution in [3.63, 3.8) is 0 Å². The molecule has 7 nitrogen and oxygen atoms in total. The summed E-state index contributed by atoms with van der Waals surface area (Å²) >= 11 is 0. The Labute approximate surface area is 226 Å². The Morgan fingerprint density at radius 3 is 2.74 bits per heavy atom. The van der Waals surface area contributed by atoms with E-state index in [0.29, 0.717) is 18.9 Å². The third-order valence-corrected chi connectivity index (χ3v) is 7.72. The Morgan fingerprint density at radius 2 is 2.00 bits per heavy atom. The van der Waals surface area contributed by atoms with Gasteiger partial charge >= 0.3 is 0 Å². The van der Waals surface area contributed by atoms with Gasteiger partial charge in [-0.1, -0.05) is 24.8 Å². The molecule has 0 bridgehead atoms. The van der Waals surface area contributed by atoms with Crippen molar-refractivity contribution in [2.24, 2.45) is 0 Å². The van der Waals surface area contributed by atoms with Gasteiger partial charge in [-0.15, -0.1) is 0 Å². The second-order valence-corrected chi connectivity index (χ2v) is 10.5. The molecule has 6 rings (SSSR count). The van der Waals surface area contributed by atoms with Crippen LogP contribution in [-0.4, -0.2) is 68.7 Å². The van der Waals surface area contributed by atoms with E-state index in [-0.39, 0.29) is 13.0 Å². The summed E-state index contributed by atoms with van der Waals surface area (Å²) in [5.74, 6) is -1.91. The number of imidazole rings is 1. The summed E-state index contributed by atoms with van der Waals surface area (Å²) in [6.07, 6.45) is 11.0. The molecule has 0 aliphatic carbocycles. The Balaban J connectivity index is 1.32. The van der Waals surface area contributed by atoms with E-state index >= 15 is 0 Å². The zero-order valence-electron chi connectivity index (χ0n) is 22.2. The number of pyridine rings is 1. The number of H-pyrrole nitrogens is 2. The van der Waals surface area contributed by atoms with Crippen molar-refractivity contribution in [1.82, 2.24) is 30.0 Å². The van der Waals surface area contributed by atoms with Crippen molar-refractivity contribution in [1.29, 1.82) is 0 Å². The molecule has 2 saturated heterocycles. The molecule has 1 aromatic carbocycles. The number of nitrogens with one attached hydrogen (secondary N) is 2. The summed E-state index contributed by atoms with van der Waals surface area (Å²) in [6.45, 7) is 8.54. The van der Waals surface area contributed by atoms with Crippen LogP contribution in [0.15, 0.2) is 60.8 Å². The number of alkyl halides is 2. The van der Waals surface area contributed by atoms with E-state index in [1.54, 1.807) is 17.2 Å². The number of piperidine rings is 1. The summed E-state index contributed by atoms with van der Waals surface area (Å²) in [5.41, 5.74) is 7.18. The highest BCUT2D eigenvalue weighted by Gasteiger charge is 2.38. The second kappa shape index (κ2) is 10.4. The average molecular weight is 530 g/mol. The van der Waals surface area contributed by atoms with E-state index < -0.39 is 5.92 Å². The number of halogens is 2. The number of rotatable bonds is 7. The molecule has 2 N–H and O–H groups in total. The lowest BCUT2D eigenvalue weighted by molar-refractivity contribution is 0.0131. The number of hydrogen-bond acceptors (Lipinski definition) is 5. The van der Waals surface area contributed by atoms with Gasteiger partial charge in [0.1, 0.15) is 11.2 Å². The fraction of sp³-hybridized carbons (Fsp3) is 0.367. The standard InChI is InChI=1S/C30H33F2N7/c1-3-20(18-38-14-11-30(31,32)19-38)15-21(4-2)24-16-22-25(17-33-24)36-37-27(22)29-34-23-9-8-10-26(28(23)35-29)39-12-6-5-7-13-39/h3-4,8-10,15-17H,1,5-7,11-14,18-19H2,2H3,(H,34,35)(H,36,37)/b20-15+,21-4+. The van der Waals surface area contributed by atoms with Crippen LogP contribution in [0.3, 0.4) is 0 Å². The van der Waals surface area contributed by atoms with Gasteiger partial charge in [0.25, 0.3) is 5.92 Å². The molecule has 2 aliphatic heterocycles. The Kier molecular flexibility index (Phi) is 6.76. The lowest BCUT2D eigenvalue weighted by atomic mass is 10.1. The molecule has 2 aliphatic rings. The van der Waals surface area contributed by atoms with Crippen LogP contribution < -0.4 is 4.90 Å². The summed E-state index contributed by atoms with van der Waals surface area (Å²) in [7, 11) is 0. The SMILES string of the molecule is C=C/C(=C\C(=C/C)c1cc2c(-c3nc4c(N5CCCCC5)cccc4[nH]3)n[nH]c2cn1)CN1CCC(F)(F)C1. The Hall–Kier alpha value is -3.85. The molecule has 0 unspecified atom stereocenters. The number of nitrogens with zero attached hydrogens (tertiary/aromatic N) is 5. The normalized spacial score (nSPS) is 18.9. The number of para-hydroxylation sites is 1. The molecule has 0 radical (unpaired) electrons. The fourth-order valence-electron chi connectivity index (χ4n) is 5.65. The van der Waals surface area contributed by atoms with Gasteiger partial charge in [0, 0.05) is 38.0 Å². The molecule has 0 saturated carbocycles. The first-order chi connectivity index (χ1) is 18.9. The number of fused-ring (bicyclic) bond motifs is 2. The van der Waals surface area contributed by atoms with Gasteiger partial charge in [0.15, 0.2) is 5.82 Å². The smallest absolute Gasteiger partial charge is 0.261 e. The number of aromatic nitrogens is 5. The van der Waals surface area contributed by atoms with Gasteiger partial charge in [0.05, 0.1) is 35.2 Å². The molecular weight excluding hydrogens is 496 g/mol. The van der Waals surface area contributed by atoms with Crippen molar-refractivity contribution in [3.05, 3.63) is 66.5 Å². The van der Waals surface area contributed by atoms with E-state index in [1.807, 2.05) is 25.1 Å². The summed E-state index contributed by atoms with van der Waals surface area (Å²) < 4.78 is 27.4. The maximum Gasteiger partial charge on any atom is 0.261 e. The van der Waals surface area contributed by atoms with Crippen LogP contribution >= 0.6 is 0 Å². The van der Waals surface area contributed by atoms with E-state index in [2.05, 4.69) is 49.8 Å². The molecule has 0 amide bonds. The third kappa shape index (κ3) is 5.11. The largest absolute Gasteiger partial charge is 0.370 e. The number of anilines is 1. The quantitative estimate of drug-likeness (QED) is 0.273. The maximum atomic E-state index is 13.7. The van der Waals surface area contributed by atoms with Crippen LogP contribution in [0.5, 0.6) is 0 Å². The zero-order valence-corrected chi connectivity index (χ0v) is 22.2. The maximum absolute atomic E-state index is 13.7. The van der Waals surface area contributed by atoms with Crippen LogP contribution in [0, 0.1) is 0 Å². The van der Waals surface area contributed by atoms with Crippen LogP contribution in [-0.2, 0) is 0 Å². The second-order valence-electron chi connectivity index (χ2n) is 10.5. The molecule has 2 fully saturated rings. The van der Waals surface area contributed by atoms with E-state index in [0.717, 1.165) is 63.2 Å². The average Bonchev–Trinajstić information content (AvgIpc) is 3.66. The van der Waals surface area contributed by atoms with Crippen LogP contribution in [0.25, 0.3) is 39.0 Å².